The number of hydrogen-bond acceptors (Lipinski definition) is 4. The van der Waals surface area contributed by atoms with Crippen LogP contribution in [-0.2, 0) is 10.0 Å². The van der Waals surface area contributed by atoms with Gasteiger partial charge in [0.25, 0.3) is 10.0 Å². The van der Waals surface area contributed by atoms with Gasteiger partial charge < -0.3 is 4.74 Å². The monoisotopic (exact) mass is 297 g/mol. The Labute approximate surface area is 117 Å². The van der Waals surface area contributed by atoms with Crippen LogP contribution in [0.3, 0.4) is 0 Å². The van der Waals surface area contributed by atoms with Crippen molar-refractivity contribution in [3.05, 3.63) is 41.8 Å². The van der Waals surface area contributed by atoms with Gasteiger partial charge in [0.15, 0.2) is 0 Å². The lowest BCUT2D eigenvalue weighted by atomic mass is 10.3. The van der Waals surface area contributed by atoms with E-state index in [9.17, 15) is 8.42 Å². The zero-order chi connectivity index (χ0) is 13.7. The van der Waals surface area contributed by atoms with E-state index in [1.165, 1.54) is 11.3 Å². The van der Waals surface area contributed by atoms with E-state index in [-0.39, 0.29) is 4.21 Å². The summed E-state index contributed by atoms with van der Waals surface area (Å²) in [6, 6.07) is 10.3. The minimum atomic E-state index is -3.53. The first kappa shape index (κ1) is 13.9. The second kappa shape index (κ2) is 6.08. The molecule has 1 aromatic carbocycles. The lowest BCUT2D eigenvalue weighted by Gasteiger charge is -2.12. The summed E-state index contributed by atoms with van der Waals surface area (Å²) in [6.07, 6.45) is 0.867. The molecule has 1 N–H and O–H groups in total. The van der Waals surface area contributed by atoms with Crippen molar-refractivity contribution in [1.29, 1.82) is 0 Å². The average Bonchev–Trinajstić information content (AvgIpc) is 2.92. The third kappa shape index (κ3) is 3.48. The van der Waals surface area contributed by atoms with Gasteiger partial charge in [-0.25, -0.2) is 8.42 Å². The largest absolute Gasteiger partial charge is 0.491 e. The number of sulfonamides is 1. The summed E-state index contributed by atoms with van der Waals surface area (Å²) in [5.41, 5.74) is 0.462. The first-order valence-electron chi connectivity index (χ1n) is 5.91. The first-order chi connectivity index (χ1) is 9.13. The van der Waals surface area contributed by atoms with Crippen molar-refractivity contribution in [2.45, 2.75) is 17.6 Å². The number of hydrogen-bond donors (Lipinski definition) is 1. The van der Waals surface area contributed by atoms with Gasteiger partial charge in [-0.2, -0.15) is 0 Å². The molecular weight excluding hydrogens is 282 g/mol. The Balaban J connectivity index is 2.24. The molecule has 0 unspecified atom stereocenters. The molecule has 0 aliphatic heterocycles. The van der Waals surface area contributed by atoms with E-state index in [2.05, 4.69) is 4.72 Å². The van der Waals surface area contributed by atoms with Crippen LogP contribution in [0, 0.1) is 0 Å². The van der Waals surface area contributed by atoms with Crippen molar-refractivity contribution in [2.75, 3.05) is 11.3 Å². The summed E-state index contributed by atoms with van der Waals surface area (Å²) >= 11 is 1.18. The minimum Gasteiger partial charge on any atom is -0.491 e. The van der Waals surface area contributed by atoms with E-state index in [0.717, 1.165) is 6.42 Å². The van der Waals surface area contributed by atoms with Gasteiger partial charge in [0.1, 0.15) is 9.96 Å². The number of ether oxygens (including phenoxy) is 1. The molecule has 1 heterocycles. The van der Waals surface area contributed by atoms with Crippen LogP contribution in [-0.4, -0.2) is 15.0 Å². The minimum absolute atomic E-state index is 0.290. The lowest BCUT2D eigenvalue weighted by molar-refractivity contribution is 0.319. The number of nitrogens with one attached hydrogen (secondary N) is 1. The molecular formula is C13H15NO3S2. The second-order valence-electron chi connectivity index (χ2n) is 3.88. The molecule has 0 fully saturated rings. The molecule has 6 heteroatoms. The summed E-state index contributed by atoms with van der Waals surface area (Å²) in [6.45, 7) is 2.55. The van der Waals surface area contributed by atoms with Gasteiger partial charge in [0.05, 0.1) is 12.3 Å². The maximum Gasteiger partial charge on any atom is 0.271 e. The van der Waals surface area contributed by atoms with Crippen molar-refractivity contribution in [2.24, 2.45) is 0 Å². The molecule has 2 aromatic rings. The zero-order valence-electron chi connectivity index (χ0n) is 10.5. The van der Waals surface area contributed by atoms with Crippen molar-refractivity contribution >= 4 is 27.0 Å². The van der Waals surface area contributed by atoms with Gasteiger partial charge in [-0.1, -0.05) is 25.1 Å². The van der Waals surface area contributed by atoms with Crippen LogP contribution in [0.15, 0.2) is 46.0 Å². The highest BCUT2D eigenvalue weighted by atomic mass is 32.2. The van der Waals surface area contributed by atoms with Crippen molar-refractivity contribution < 1.29 is 13.2 Å². The molecule has 0 atom stereocenters. The lowest BCUT2D eigenvalue weighted by Crippen LogP contribution is -2.12. The maximum atomic E-state index is 12.1. The number of benzene rings is 1. The van der Waals surface area contributed by atoms with Crippen LogP contribution >= 0.6 is 11.3 Å². The molecule has 0 aliphatic carbocycles. The molecule has 0 aliphatic rings. The second-order valence-corrected chi connectivity index (χ2v) is 6.74. The Hall–Kier alpha value is -1.53. The van der Waals surface area contributed by atoms with Gasteiger partial charge in [-0.15, -0.1) is 11.3 Å². The standard InChI is InChI=1S/C13H15NO3S2/c1-2-9-17-12-7-4-3-6-11(12)14-19(15,16)13-8-5-10-18-13/h3-8,10,14H,2,9H2,1H3. The van der Waals surface area contributed by atoms with Crippen molar-refractivity contribution in [3.8, 4) is 5.75 Å². The molecule has 19 heavy (non-hydrogen) atoms. The fourth-order valence-corrected chi connectivity index (χ4v) is 3.56. The fourth-order valence-electron chi connectivity index (χ4n) is 1.50. The van der Waals surface area contributed by atoms with E-state index < -0.39 is 10.0 Å². The fraction of sp³-hybridized carbons (Fsp3) is 0.231. The van der Waals surface area contributed by atoms with Crippen LogP contribution in [0.2, 0.25) is 0 Å². The molecule has 1 aromatic heterocycles. The molecule has 102 valence electrons. The maximum absolute atomic E-state index is 12.1. The van der Waals surface area contributed by atoms with Crippen LogP contribution in [0.5, 0.6) is 5.75 Å². The Morgan fingerprint density at radius 1 is 1.21 bits per heavy atom. The number of para-hydroxylation sites is 2. The summed E-state index contributed by atoms with van der Waals surface area (Å²) < 4.78 is 32.6. The molecule has 0 saturated heterocycles. The molecule has 0 bridgehead atoms. The van der Waals surface area contributed by atoms with Crippen LogP contribution < -0.4 is 9.46 Å². The van der Waals surface area contributed by atoms with Gasteiger partial charge in [0, 0.05) is 0 Å². The third-order valence-electron chi connectivity index (χ3n) is 2.35. The molecule has 0 saturated carbocycles. The molecule has 0 spiro atoms. The Bertz CT molecular complexity index is 621. The highest BCUT2D eigenvalue weighted by Gasteiger charge is 2.17. The summed E-state index contributed by atoms with van der Waals surface area (Å²) in [5, 5.41) is 1.73. The third-order valence-corrected chi connectivity index (χ3v) is 5.12. The van der Waals surface area contributed by atoms with Crippen LogP contribution in [0.25, 0.3) is 0 Å². The van der Waals surface area contributed by atoms with Crippen molar-refractivity contribution in [3.63, 3.8) is 0 Å². The zero-order valence-corrected chi connectivity index (χ0v) is 12.1. The number of anilines is 1. The smallest absolute Gasteiger partial charge is 0.271 e. The van der Waals surface area contributed by atoms with E-state index in [4.69, 9.17) is 4.74 Å². The molecule has 0 amide bonds. The number of thiophene rings is 1. The summed E-state index contributed by atoms with van der Waals surface area (Å²) in [4.78, 5) is 0. The number of rotatable bonds is 6. The predicted octanol–water partition coefficient (Wildman–Crippen LogP) is 3.34. The normalized spacial score (nSPS) is 11.2. The topological polar surface area (TPSA) is 55.4 Å². The first-order valence-corrected chi connectivity index (χ1v) is 8.28. The Morgan fingerprint density at radius 2 is 2.00 bits per heavy atom. The Kier molecular flexibility index (Phi) is 4.44. The SMILES string of the molecule is CCCOc1ccccc1NS(=O)(=O)c1cccs1. The van der Waals surface area contributed by atoms with E-state index >= 15 is 0 Å². The predicted molar refractivity (Wildman–Crippen MR) is 77.4 cm³/mol. The van der Waals surface area contributed by atoms with E-state index in [1.807, 2.05) is 13.0 Å². The van der Waals surface area contributed by atoms with E-state index in [1.54, 1.807) is 35.7 Å². The van der Waals surface area contributed by atoms with E-state index in [0.29, 0.717) is 18.0 Å². The van der Waals surface area contributed by atoms with Crippen molar-refractivity contribution in [1.82, 2.24) is 0 Å². The molecule has 2 rings (SSSR count). The van der Waals surface area contributed by atoms with Crippen LogP contribution in [0.1, 0.15) is 13.3 Å². The molecule has 0 radical (unpaired) electrons. The summed E-state index contributed by atoms with van der Waals surface area (Å²) in [5.74, 6) is 0.546. The average molecular weight is 297 g/mol. The van der Waals surface area contributed by atoms with Gasteiger partial charge in [0.2, 0.25) is 0 Å². The highest BCUT2D eigenvalue weighted by molar-refractivity contribution is 7.94. The highest BCUT2D eigenvalue weighted by Crippen LogP contribution is 2.27. The molecule has 4 nitrogen and oxygen atoms in total. The van der Waals surface area contributed by atoms with Crippen LogP contribution in [0.4, 0.5) is 5.69 Å². The summed E-state index contributed by atoms with van der Waals surface area (Å²) in [7, 11) is -3.53. The van der Waals surface area contributed by atoms with Gasteiger partial charge in [-0.05, 0) is 30.0 Å². The van der Waals surface area contributed by atoms with Gasteiger partial charge in [-0.3, -0.25) is 4.72 Å². The quantitative estimate of drug-likeness (QED) is 0.889. The Morgan fingerprint density at radius 3 is 2.68 bits per heavy atom. The van der Waals surface area contributed by atoms with Gasteiger partial charge >= 0.3 is 0 Å².